The Bertz CT molecular complexity index is 230. The van der Waals surface area contributed by atoms with Crippen LogP contribution < -0.4 is 0 Å². The zero-order valence-corrected chi connectivity index (χ0v) is 6.86. The minimum atomic E-state index is 0.338. The van der Waals surface area contributed by atoms with Crippen molar-refractivity contribution in [1.82, 2.24) is 4.98 Å². The molecule has 0 saturated carbocycles. The number of hydrogen-bond donors (Lipinski definition) is 0. The lowest BCUT2D eigenvalue weighted by Gasteiger charge is -1.97. The molecule has 1 aliphatic heterocycles. The summed E-state index contributed by atoms with van der Waals surface area (Å²) in [6, 6.07) is 0.338. The second-order valence-electron chi connectivity index (χ2n) is 1.97. The van der Waals surface area contributed by atoms with E-state index in [1.807, 2.05) is 17.1 Å². The lowest BCUT2D eigenvalue weighted by Crippen LogP contribution is -1.91. The molecule has 0 fully saturated rings. The normalized spacial score (nSPS) is 23.8. The molecule has 0 aromatic carbocycles. The Morgan fingerprint density at radius 3 is 3.20 bits per heavy atom. The molecule has 1 unspecified atom stereocenters. The van der Waals surface area contributed by atoms with Gasteiger partial charge < -0.3 is 0 Å². The molecule has 1 aliphatic rings. The van der Waals surface area contributed by atoms with Crippen LogP contribution in [0.4, 0.5) is 0 Å². The summed E-state index contributed by atoms with van der Waals surface area (Å²) in [5, 5.41) is 3.13. The van der Waals surface area contributed by atoms with Crippen LogP contribution in [0.25, 0.3) is 0 Å². The predicted octanol–water partition coefficient (Wildman–Crippen LogP) is 1.96. The van der Waals surface area contributed by atoms with E-state index in [9.17, 15) is 0 Å². The molecular weight excluding hydrogens is 164 g/mol. The number of hydrogen-bond acceptors (Lipinski definition) is 4. The van der Waals surface area contributed by atoms with Gasteiger partial charge in [0.25, 0.3) is 0 Å². The van der Waals surface area contributed by atoms with Crippen LogP contribution in [0.2, 0.25) is 0 Å². The van der Waals surface area contributed by atoms with E-state index in [1.54, 1.807) is 23.1 Å². The molecule has 10 heavy (non-hydrogen) atoms. The van der Waals surface area contributed by atoms with Crippen LogP contribution in [0, 0.1) is 0 Å². The lowest BCUT2D eigenvalue weighted by atomic mass is 10.4. The van der Waals surface area contributed by atoms with Gasteiger partial charge in [-0.15, -0.1) is 23.1 Å². The highest BCUT2D eigenvalue weighted by atomic mass is 32.2. The molecule has 2 heterocycles. The largest absolute Gasteiger partial charge is 0.275 e. The average molecular weight is 170 g/mol. The highest BCUT2D eigenvalue weighted by Gasteiger charge is 2.15. The molecule has 2 rings (SSSR count). The van der Waals surface area contributed by atoms with E-state index < -0.39 is 0 Å². The van der Waals surface area contributed by atoms with Gasteiger partial charge in [0.15, 0.2) is 0 Å². The topological polar surface area (TPSA) is 25.2 Å². The summed E-state index contributed by atoms with van der Waals surface area (Å²) in [5.74, 6) is 1.06. The molecule has 0 spiro atoms. The van der Waals surface area contributed by atoms with Crippen LogP contribution in [0.5, 0.6) is 0 Å². The van der Waals surface area contributed by atoms with Crippen molar-refractivity contribution in [3.8, 4) is 0 Å². The second kappa shape index (κ2) is 2.72. The van der Waals surface area contributed by atoms with Gasteiger partial charge in [0, 0.05) is 17.3 Å². The molecule has 1 aromatic heterocycles. The maximum absolute atomic E-state index is 4.26. The van der Waals surface area contributed by atoms with E-state index in [-0.39, 0.29) is 0 Å². The molecule has 52 valence electrons. The van der Waals surface area contributed by atoms with Crippen LogP contribution in [0.3, 0.4) is 0 Å². The van der Waals surface area contributed by atoms with Gasteiger partial charge in [-0.05, 0) is 0 Å². The molecule has 1 atom stereocenters. The Labute approximate surface area is 67.4 Å². The molecule has 0 radical (unpaired) electrons. The van der Waals surface area contributed by atoms with E-state index in [2.05, 4.69) is 9.98 Å². The molecule has 0 aliphatic carbocycles. The number of nitrogens with zero attached hydrogens (tertiary/aromatic N) is 2. The summed E-state index contributed by atoms with van der Waals surface area (Å²) in [6.07, 6.45) is 1.83. The van der Waals surface area contributed by atoms with Gasteiger partial charge in [-0.25, -0.2) is 4.98 Å². The molecule has 1 aromatic rings. The number of aliphatic imine (C=N–C) groups is 1. The fourth-order valence-corrected chi connectivity index (χ4v) is 2.36. The van der Waals surface area contributed by atoms with Crippen LogP contribution in [-0.2, 0) is 0 Å². The maximum Gasteiger partial charge on any atom is 0.118 e. The van der Waals surface area contributed by atoms with E-state index in [0.717, 1.165) is 10.8 Å². The highest BCUT2D eigenvalue weighted by Crippen LogP contribution is 2.27. The van der Waals surface area contributed by atoms with Crippen molar-refractivity contribution >= 4 is 28.6 Å². The van der Waals surface area contributed by atoms with Crippen molar-refractivity contribution in [2.75, 3.05) is 5.75 Å². The molecular formula is C6H6N2S2. The van der Waals surface area contributed by atoms with Crippen molar-refractivity contribution in [3.63, 3.8) is 0 Å². The summed E-state index contributed by atoms with van der Waals surface area (Å²) in [6.45, 7) is 0. The van der Waals surface area contributed by atoms with Gasteiger partial charge in [-0.2, -0.15) is 0 Å². The SMILES string of the molecule is C1=NC(c2nccs2)CS1. The van der Waals surface area contributed by atoms with E-state index >= 15 is 0 Å². The van der Waals surface area contributed by atoms with Gasteiger partial charge in [-0.3, -0.25) is 4.99 Å². The molecule has 0 N–H and O–H groups in total. The summed E-state index contributed by atoms with van der Waals surface area (Å²) < 4.78 is 0. The number of thiazole rings is 1. The van der Waals surface area contributed by atoms with Gasteiger partial charge in [0.2, 0.25) is 0 Å². The van der Waals surface area contributed by atoms with Crippen LogP contribution in [0.15, 0.2) is 16.6 Å². The number of thioether (sulfide) groups is 1. The van der Waals surface area contributed by atoms with Gasteiger partial charge in [0.1, 0.15) is 11.0 Å². The molecule has 2 nitrogen and oxygen atoms in total. The Morgan fingerprint density at radius 1 is 1.60 bits per heavy atom. The average Bonchev–Trinajstić information content (AvgIpc) is 2.59. The van der Waals surface area contributed by atoms with E-state index in [1.165, 1.54) is 0 Å². The minimum Gasteiger partial charge on any atom is -0.275 e. The fourth-order valence-electron chi connectivity index (χ4n) is 0.828. The maximum atomic E-state index is 4.26. The highest BCUT2D eigenvalue weighted by molar-refractivity contribution is 8.12. The van der Waals surface area contributed by atoms with Crippen LogP contribution in [0.1, 0.15) is 11.0 Å². The third kappa shape index (κ3) is 1.09. The standard InChI is InChI=1S/C6H6N2S2/c1-2-10-6(7-1)5-3-9-4-8-5/h1-2,4-5H,3H2. The zero-order valence-electron chi connectivity index (χ0n) is 5.23. The third-order valence-corrected chi connectivity index (χ3v) is 2.96. The van der Waals surface area contributed by atoms with Crippen molar-refractivity contribution in [2.45, 2.75) is 6.04 Å². The minimum absolute atomic E-state index is 0.338. The van der Waals surface area contributed by atoms with Crippen molar-refractivity contribution in [3.05, 3.63) is 16.6 Å². The van der Waals surface area contributed by atoms with E-state index in [4.69, 9.17) is 0 Å². The van der Waals surface area contributed by atoms with Crippen molar-refractivity contribution in [1.29, 1.82) is 0 Å². The van der Waals surface area contributed by atoms with Crippen molar-refractivity contribution < 1.29 is 0 Å². The van der Waals surface area contributed by atoms with Crippen LogP contribution >= 0.6 is 23.1 Å². The first kappa shape index (κ1) is 6.37. The monoisotopic (exact) mass is 170 g/mol. The Kier molecular flexibility index (Phi) is 1.73. The number of rotatable bonds is 1. The Morgan fingerprint density at radius 2 is 2.60 bits per heavy atom. The molecule has 4 heteroatoms. The van der Waals surface area contributed by atoms with Gasteiger partial charge in [0.05, 0.1) is 5.55 Å². The molecule has 0 amide bonds. The summed E-state index contributed by atoms with van der Waals surface area (Å²) >= 11 is 3.44. The first-order valence-corrected chi connectivity index (χ1v) is 4.92. The zero-order chi connectivity index (χ0) is 6.81. The fraction of sp³-hybridized carbons (Fsp3) is 0.333. The molecule has 0 saturated heterocycles. The van der Waals surface area contributed by atoms with Crippen molar-refractivity contribution in [2.24, 2.45) is 4.99 Å². The quantitative estimate of drug-likeness (QED) is 0.643. The lowest BCUT2D eigenvalue weighted by molar-refractivity contribution is 0.839. The summed E-state index contributed by atoms with van der Waals surface area (Å²) in [5.41, 5.74) is 1.91. The van der Waals surface area contributed by atoms with E-state index in [0.29, 0.717) is 6.04 Å². The first-order valence-electron chi connectivity index (χ1n) is 2.99. The second-order valence-corrected chi connectivity index (χ2v) is 3.78. The van der Waals surface area contributed by atoms with Gasteiger partial charge in [-0.1, -0.05) is 0 Å². The Hall–Kier alpha value is -0.350. The smallest absolute Gasteiger partial charge is 0.118 e. The number of aromatic nitrogens is 1. The predicted molar refractivity (Wildman–Crippen MR) is 45.8 cm³/mol. The third-order valence-electron chi connectivity index (χ3n) is 1.31. The Balaban J connectivity index is 2.20. The van der Waals surface area contributed by atoms with Gasteiger partial charge >= 0.3 is 0 Å². The van der Waals surface area contributed by atoms with Crippen LogP contribution in [-0.4, -0.2) is 16.3 Å². The summed E-state index contributed by atoms with van der Waals surface area (Å²) in [7, 11) is 0. The summed E-state index contributed by atoms with van der Waals surface area (Å²) in [4.78, 5) is 8.45. The molecule has 0 bridgehead atoms. The first-order chi connectivity index (χ1) is 4.97.